The third kappa shape index (κ3) is 3.59. The molecule has 1 aromatic carbocycles. The predicted molar refractivity (Wildman–Crippen MR) is 94.9 cm³/mol. The molecule has 0 bridgehead atoms. The molecule has 3 rings (SSSR count). The average Bonchev–Trinajstić information content (AvgIpc) is 3.24. The van der Waals surface area contributed by atoms with Gasteiger partial charge in [0, 0.05) is 6.04 Å². The van der Waals surface area contributed by atoms with Gasteiger partial charge in [0.2, 0.25) is 0 Å². The van der Waals surface area contributed by atoms with Gasteiger partial charge in [0.15, 0.2) is 11.5 Å². The number of hydrogen-bond acceptors (Lipinski definition) is 5. The first kappa shape index (κ1) is 20.8. The molecule has 0 saturated heterocycles. The second kappa shape index (κ2) is 7.51. The molecule has 0 N–H and O–H groups in total. The summed E-state index contributed by atoms with van der Waals surface area (Å²) in [6.07, 6.45) is -3.91. The quantitative estimate of drug-likeness (QED) is 0.409. The maximum atomic E-state index is 14.4. The summed E-state index contributed by atoms with van der Waals surface area (Å²) in [6.45, 7) is 3.02. The van der Waals surface area contributed by atoms with Gasteiger partial charge in [-0.1, -0.05) is 22.8 Å². The van der Waals surface area contributed by atoms with Gasteiger partial charge in [0.05, 0.1) is 29.5 Å². The van der Waals surface area contributed by atoms with E-state index in [1.165, 1.54) is 26.0 Å². The molecule has 0 spiro atoms. The molecule has 2 heterocycles. The molecule has 0 aliphatic carbocycles. The molecule has 3 aromatic rings. The molecule has 0 amide bonds. The van der Waals surface area contributed by atoms with E-state index in [-0.39, 0.29) is 16.3 Å². The van der Waals surface area contributed by atoms with Crippen LogP contribution in [0.2, 0.25) is 5.02 Å². The number of rotatable bonds is 4. The van der Waals surface area contributed by atoms with Gasteiger partial charge in [-0.25, -0.2) is 9.18 Å². The third-order valence-electron chi connectivity index (χ3n) is 4.08. The Kier molecular flexibility index (Phi) is 5.40. The lowest BCUT2D eigenvalue weighted by atomic mass is 10.0. The van der Waals surface area contributed by atoms with Crippen LogP contribution < -0.4 is 0 Å². The van der Waals surface area contributed by atoms with Crippen molar-refractivity contribution in [2.75, 3.05) is 7.11 Å². The highest BCUT2D eigenvalue weighted by molar-refractivity contribution is 6.33. The Balaban J connectivity index is 2.34. The highest BCUT2D eigenvalue weighted by atomic mass is 35.5. The van der Waals surface area contributed by atoms with Gasteiger partial charge < -0.3 is 9.26 Å². The smallest absolute Gasteiger partial charge is 0.433 e. The van der Waals surface area contributed by atoms with Crippen molar-refractivity contribution >= 4 is 17.6 Å². The minimum Gasteiger partial charge on any atom is -0.465 e. The molecule has 2 aromatic heterocycles. The fourth-order valence-corrected chi connectivity index (χ4v) is 3.12. The standard InChI is InChI=1S/C18H14ClF4N3O3/c1-8(2)26-16(18(21,22)23)9(7-24-26)15-13(17(27)28-3)14(25-29-15)12-10(19)5-4-6-11(12)20/h4-8H,1-3H3. The topological polar surface area (TPSA) is 70.2 Å². The van der Waals surface area contributed by atoms with Crippen molar-refractivity contribution in [1.82, 2.24) is 14.9 Å². The largest absolute Gasteiger partial charge is 0.465 e. The Morgan fingerprint density at radius 2 is 2.00 bits per heavy atom. The Hall–Kier alpha value is -2.88. The summed E-state index contributed by atoms with van der Waals surface area (Å²) in [6, 6.07) is 3.10. The summed E-state index contributed by atoms with van der Waals surface area (Å²) in [4.78, 5) is 12.4. The van der Waals surface area contributed by atoms with E-state index < -0.39 is 46.6 Å². The summed E-state index contributed by atoms with van der Waals surface area (Å²) in [5.74, 6) is -2.46. The van der Waals surface area contributed by atoms with Crippen LogP contribution in [0, 0.1) is 5.82 Å². The van der Waals surface area contributed by atoms with Crippen molar-refractivity contribution in [2.24, 2.45) is 0 Å². The van der Waals surface area contributed by atoms with Crippen LogP contribution in [0.3, 0.4) is 0 Å². The zero-order valence-electron chi connectivity index (χ0n) is 15.3. The molecule has 6 nitrogen and oxygen atoms in total. The van der Waals surface area contributed by atoms with Gasteiger partial charge in [0.1, 0.15) is 17.1 Å². The highest BCUT2D eigenvalue weighted by Gasteiger charge is 2.42. The van der Waals surface area contributed by atoms with Gasteiger partial charge in [-0.15, -0.1) is 0 Å². The fourth-order valence-electron chi connectivity index (χ4n) is 2.86. The van der Waals surface area contributed by atoms with Crippen molar-refractivity contribution in [3.8, 4) is 22.6 Å². The van der Waals surface area contributed by atoms with Crippen molar-refractivity contribution in [1.29, 1.82) is 0 Å². The molecule has 0 saturated carbocycles. The lowest BCUT2D eigenvalue weighted by Gasteiger charge is -2.14. The Bertz CT molecular complexity index is 1050. The summed E-state index contributed by atoms with van der Waals surface area (Å²) in [7, 11) is 1.02. The first-order valence-corrected chi connectivity index (χ1v) is 8.63. The average molecular weight is 432 g/mol. The molecule has 0 radical (unpaired) electrons. The van der Waals surface area contributed by atoms with Crippen molar-refractivity contribution < 1.29 is 31.6 Å². The summed E-state index contributed by atoms with van der Waals surface area (Å²) < 4.78 is 66.1. The first-order chi connectivity index (χ1) is 13.6. The van der Waals surface area contributed by atoms with E-state index >= 15 is 0 Å². The first-order valence-electron chi connectivity index (χ1n) is 8.25. The summed E-state index contributed by atoms with van der Waals surface area (Å²) in [5.41, 5.74) is -2.83. The number of carbonyl (C=O) groups excluding carboxylic acids is 1. The van der Waals surface area contributed by atoms with Crippen LogP contribution in [-0.4, -0.2) is 28.0 Å². The van der Waals surface area contributed by atoms with Gasteiger partial charge in [-0.05, 0) is 26.0 Å². The Labute approximate surface area is 167 Å². The van der Waals surface area contributed by atoms with Crippen molar-refractivity contribution in [2.45, 2.75) is 26.1 Å². The number of nitrogens with zero attached hydrogens (tertiary/aromatic N) is 3. The molecule has 0 fully saturated rings. The van der Waals surface area contributed by atoms with Gasteiger partial charge in [-0.3, -0.25) is 4.68 Å². The minimum atomic E-state index is -4.81. The van der Waals surface area contributed by atoms with Crippen LogP contribution in [0.25, 0.3) is 22.6 Å². The van der Waals surface area contributed by atoms with Crippen molar-refractivity contribution in [3.05, 3.63) is 46.5 Å². The maximum absolute atomic E-state index is 14.4. The van der Waals surface area contributed by atoms with Crippen LogP contribution >= 0.6 is 11.6 Å². The summed E-state index contributed by atoms with van der Waals surface area (Å²) in [5, 5.41) is 7.28. The number of esters is 1. The monoisotopic (exact) mass is 431 g/mol. The third-order valence-corrected chi connectivity index (χ3v) is 4.39. The van der Waals surface area contributed by atoms with E-state index in [1.54, 1.807) is 0 Å². The van der Waals surface area contributed by atoms with E-state index in [9.17, 15) is 22.4 Å². The van der Waals surface area contributed by atoms with E-state index in [1.807, 2.05) is 0 Å². The maximum Gasteiger partial charge on any atom is 0.433 e. The SMILES string of the molecule is COC(=O)c1c(-c2c(F)cccc2Cl)noc1-c1cnn(C(C)C)c1C(F)(F)F. The molecule has 154 valence electrons. The number of alkyl halides is 3. The van der Waals surface area contributed by atoms with Gasteiger partial charge in [0.25, 0.3) is 0 Å². The van der Waals surface area contributed by atoms with E-state index in [4.69, 9.17) is 16.1 Å². The molecule has 0 aliphatic heterocycles. The molecule has 0 aliphatic rings. The number of carbonyl (C=O) groups is 1. The zero-order chi connectivity index (χ0) is 21.5. The number of ether oxygens (including phenoxy) is 1. The Morgan fingerprint density at radius 3 is 2.55 bits per heavy atom. The molecule has 0 unspecified atom stereocenters. The number of methoxy groups -OCH3 is 1. The van der Waals surface area contributed by atoms with Gasteiger partial charge >= 0.3 is 12.1 Å². The number of benzene rings is 1. The van der Waals surface area contributed by atoms with Crippen LogP contribution in [-0.2, 0) is 10.9 Å². The van der Waals surface area contributed by atoms with E-state index in [2.05, 4.69) is 15.0 Å². The van der Waals surface area contributed by atoms with E-state index in [0.29, 0.717) is 0 Å². The molecule has 11 heteroatoms. The normalized spacial score (nSPS) is 11.9. The molecular formula is C18H14ClF4N3O3. The van der Waals surface area contributed by atoms with Crippen LogP contribution in [0.4, 0.5) is 17.6 Å². The second-order valence-electron chi connectivity index (χ2n) is 6.27. The minimum absolute atomic E-state index is 0.107. The van der Waals surface area contributed by atoms with Crippen molar-refractivity contribution in [3.63, 3.8) is 0 Å². The highest BCUT2D eigenvalue weighted by Crippen LogP contribution is 2.42. The van der Waals surface area contributed by atoms with Crippen LogP contribution in [0.15, 0.2) is 28.9 Å². The van der Waals surface area contributed by atoms with Gasteiger partial charge in [-0.2, -0.15) is 18.3 Å². The van der Waals surface area contributed by atoms with Crippen LogP contribution in [0.1, 0.15) is 35.9 Å². The lowest BCUT2D eigenvalue weighted by Crippen LogP contribution is -2.17. The number of aromatic nitrogens is 3. The van der Waals surface area contributed by atoms with Crippen LogP contribution in [0.5, 0.6) is 0 Å². The molecular weight excluding hydrogens is 418 g/mol. The molecule has 29 heavy (non-hydrogen) atoms. The second-order valence-corrected chi connectivity index (χ2v) is 6.67. The lowest BCUT2D eigenvalue weighted by molar-refractivity contribution is -0.144. The summed E-state index contributed by atoms with van der Waals surface area (Å²) >= 11 is 6.02. The zero-order valence-corrected chi connectivity index (χ0v) is 16.1. The fraction of sp³-hybridized carbons (Fsp3) is 0.278. The predicted octanol–water partition coefficient (Wildman–Crippen LogP) is 5.38. The Morgan fingerprint density at radius 1 is 1.31 bits per heavy atom. The number of hydrogen-bond donors (Lipinski definition) is 0. The van der Waals surface area contributed by atoms with E-state index in [0.717, 1.165) is 24.1 Å². The molecule has 0 atom stereocenters. The number of halogens is 5.